The van der Waals surface area contributed by atoms with Crippen LogP contribution < -0.4 is 10.6 Å². The van der Waals surface area contributed by atoms with E-state index in [0.29, 0.717) is 27.8 Å². The second-order valence-corrected chi connectivity index (χ2v) is 7.95. The lowest BCUT2D eigenvalue weighted by Gasteiger charge is -2.26. The third kappa shape index (κ3) is 4.81. The molecule has 10 heteroatoms. The zero-order valence-corrected chi connectivity index (χ0v) is 17.0. The number of aromatic nitrogens is 2. The Bertz CT molecular complexity index is 1030. The Morgan fingerprint density at radius 1 is 1.28 bits per heavy atom. The van der Waals surface area contributed by atoms with E-state index in [2.05, 4.69) is 25.5 Å². The highest BCUT2D eigenvalue weighted by Crippen LogP contribution is 2.30. The normalized spacial score (nSPS) is 14.8. The first-order chi connectivity index (χ1) is 14.1. The number of carbonyl (C=O) groups excluding carboxylic acids is 1. The number of morpholine rings is 1. The highest BCUT2D eigenvalue weighted by atomic mass is 35.5. The summed E-state index contributed by atoms with van der Waals surface area (Å²) in [5.74, 6) is -0.102. The molecule has 1 aliphatic heterocycles. The molecule has 4 rings (SSSR count). The Morgan fingerprint density at radius 3 is 2.90 bits per heavy atom. The Morgan fingerprint density at radius 2 is 2.10 bits per heavy atom. The van der Waals surface area contributed by atoms with E-state index in [4.69, 9.17) is 16.3 Å². The monoisotopic (exact) mass is 435 g/mol. The van der Waals surface area contributed by atoms with Crippen LogP contribution in [-0.2, 0) is 4.74 Å². The summed E-state index contributed by atoms with van der Waals surface area (Å²) in [7, 11) is 0. The van der Waals surface area contributed by atoms with E-state index >= 15 is 0 Å². The molecule has 3 aromatic rings. The number of hydrogen-bond acceptors (Lipinski definition) is 7. The van der Waals surface area contributed by atoms with Crippen molar-refractivity contribution in [1.29, 1.82) is 0 Å². The van der Waals surface area contributed by atoms with E-state index in [0.717, 1.165) is 38.2 Å². The van der Waals surface area contributed by atoms with Gasteiger partial charge in [0, 0.05) is 31.9 Å². The van der Waals surface area contributed by atoms with Crippen molar-refractivity contribution in [2.75, 3.05) is 44.7 Å². The van der Waals surface area contributed by atoms with Crippen molar-refractivity contribution in [2.24, 2.45) is 0 Å². The molecule has 1 saturated heterocycles. The maximum Gasteiger partial charge on any atom is 0.261 e. The van der Waals surface area contributed by atoms with Crippen molar-refractivity contribution in [3.8, 4) is 0 Å². The summed E-state index contributed by atoms with van der Waals surface area (Å²) in [6, 6.07) is 6.10. The van der Waals surface area contributed by atoms with E-state index in [1.165, 1.54) is 29.8 Å². The standard InChI is InChI=1S/C19H19ClFN5O2S/c20-14-9-12(1-2-15(14)21)25-17-13-10-16(29-19(13)24-11-23-17)18(27)22-3-4-26-5-7-28-8-6-26/h1-2,9-11H,3-8H2,(H,22,27)(H,23,24,25). The number of hydrogen-bond donors (Lipinski definition) is 2. The second kappa shape index (κ2) is 9.00. The molecule has 2 aromatic heterocycles. The summed E-state index contributed by atoms with van der Waals surface area (Å²) in [4.78, 5) is 24.5. The highest BCUT2D eigenvalue weighted by molar-refractivity contribution is 7.20. The molecule has 3 heterocycles. The zero-order valence-electron chi connectivity index (χ0n) is 15.5. The Labute approximate surface area is 175 Å². The van der Waals surface area contributed by atoms with Gasteiger partial charge >= 0.3 is 0 Å². The summed E-state index contributed by atoms with van der Waals surface area (Å²) in [5, 5.41) is 6.80. The first kappa shape index (κ1) is 20.0. The molecule has 0 radical (unpaired) electrons. The SMILES string of the molecule is O=C(NCCN1CCOCC1)c1cc2c(Nc3ccc(F)c(Cl)c3)ncnc2s1. The van der Waals surface area contributed by atoms with Gasteiger partial charge in [0.05, 0.1) is 28.5 Å². The van der Waals surface area contributed by atoms with E-state index in [1.807, 2.05) is 0 Å². The molecular formula is C19H19ClFN5O2S. The quantitative estimate of drug-likeness (QED) is 0.618. The van der Waals surface area contributed by atoms with Gasteiger partial charge in [0.1, 0.15) is 22.8 Å². The molecule has 0 unspecified atom stereocenters. The minimum absolute atomic E-state index is 0.0194. The maximum absolute atomic E-state index is 13.4. The minimum atomic E-state index is -0.489. The van der Waals surface area contributed by atoms with Crippen molar-refractivity contribution >= 4 is 50.6 Å². The average Bonchev–Trinajstić information content (AvgIpc) is 3.17. The van der Waals surface area contributed by atoms with Crippen LogP contribution in [0.4, 0.5) is 15.9 Å². The van der Waals surface area contributed by atoms with Crippen LogP contribution in [0.2, 0.25) is 5.02 Å². The predicted molar refractivity (Wildman–Crippen MR) is 112 cm³/mol. The first-order valence-electron chi connectivity index (χ1n) is 9.15. The molecule has 7 nitrogen and oxygen atoms in total. The topological polar surface area (TPSA) is 79.4 Å². The number of benzene rings is 1. The lowest BCUT2D eigenvalue weighted by Crippen LogP contribution is -2.41. The highest BCUT2D eigenvalue weighted by Gasteiger charge is 2.15. The van der Waals surface area contributed by atoms with Crippen molar-refractivity contribution in [3.63, 3.8) is 0 Å². The fourth-order valence-electron chi connectivity index (χ4n) is 3.02. The van der Waals surface area contributed by atoms with Crippen molar-refractivity contribution in [1.82, 2.24) is 20.2 Å². The Hall–Kier alpha value is -2.33. The summed E-state index contributed by atoms with van der Waals surface area (Å²) in [5.41, 5.74) is 0.596. The maximum atomic E-state index is 13.4. The molecule has 0 saturated carbocycles. The molecular weight excluding hydrogens is 417 g/mol. The lowest BCUT2D eigenvalue weighted by atomic mass is 10.3. The van der Waals surface area contributed by atoms with E-state index in [9.17, 15) is 9.18 Å². The van der Waals surface area contributed by atoms with Crippen molar-refractivity contribution in [3.05, 3.63) is 46.3 Å². The van der Waals surface area contributed by atoms with Crippen LogP contribution in [0.3, 0.4) is 0 Å². The lowest BCUT2D eigenvalue weighted by molar-refractivity contribution is 0.0383. The van der Waals surface area contributed by atoms with Gasteiger partial charge in [-0.25, -0.2) is 14.4 Å². The van der Waals surface area contributed by atoms with Crippen molar-refractivity contribution in [2.45, 2.75) is 0 Å². The number of nitrogens with one attached hydrogen (secondary N) is 2. The molecule has 0 bridgehead atoms. The van der Waals surface area contributed by atoms with Gasteiger partial charge in [0.25, 0.3) is 5.91 Å². The van der Waals surface area contributed by atoms with Gasteiger partial charge in [-0.2, -0.15) is 0 Å². The van der Waals surface area contributed by atoms with Gasteiger partial charge in [-0.15, -0.1) is 11.3 Å². The Kier molecular flexibility index (Phi) is 6.19. The van der Waals surface area contributed by atoms with Crippen LogP contribution in [0, 0.1) is 5.82 Å². The Balaban J connectivity index is 1.45. The van der Waals surface area contributed by atoms with Crippen LogP contribution in [-0.4, -0.2) is 60.2 Å². The van der Waals surface area contributed by atoms with E-state index in [1.54, 1.807) is 12.1 Å². The number of carbonyl (C=O) groups is 1. The number of amides is 1. The minimum Gasteiger partial charge on any atom is -0.379 e. The predicted octanol–water partition coefficient (Wildman–Crippen LogP) is 3.29. The number of nitrogens with zero attached hydrogens (tertiary/aromatic N) is 3. The first-order valence-corrected chi connectivity index (χ1v) is 10.3. The summed E-state index contributed by atoms with van der Waals surface area (Å²) in [6.07, 6.45) is 1.42. The van der Waals surface area contributed by atoms with Gasteiger partial charge in [-0.3, -0.25) is 9.69 Å². The molecule has 152 valence electrons. The van der Waals surface area contributed by atoms with Crippen LogP contribution in [0.25, 0.3) is 10.2 Å². The molecule has 1 aromatic carbocycles. The fourth-order valence-corrected chi connectivity index (χ4v) is 4.11. The van der Waals surface area contributed by atoms with Crippen LogP contribution in [0.1, 0.15) is 9.67 Å². The molecule has 1 amide bonds. The van der Waals surface area contributed by atoms with E-state index < -0.39 is 5.82 Å². The van der Waals surface area contributed by atoms with Gasteiger partial charge in [0.15, 0.2) is 0 Å². The van der Waals surface area contributed by atoms with Crippen molar-refractivity contribution < 1.29 is 13.9 Å². The fraction of sp³-hybridized carbons (Fsp3) is 0.316. The second-order valence-electron chi connectivity index (χ2n) is 6.52. The summed E-state index contributed by atoms with van der Waals surface area (Å²) >= 11 is 7.14. The van der Waals surface area contributed by atoms with Gasteiger partial charge < -0.3 is 15.4 Å². The smallest absolute Gasteiger partial charge is 0.261 e. The third-order valence-corrected chi connectivity index (χ3v) is 5.88. The molecule has 1 fully saturated rings. The van der Waals surface area contributed by atoms with E-state index in [-0.39, 0.29) is 10.9 Å². The van der Waals surface area contributed by atoms with Crippen LogP contribution in [0.5, 0.6) is 0 Å². The number of thiophene rings is 1. The van der Waals surface area contributed by atoms with Gasteiger partial charge in [-0.05, 0) is 24.3 Å². The molecule has 0 atom stereocenters. The number of anilines is 2. The van der Waals surface area contributed by atoms with Gasteiger partial charge in [0.2, 0.25) is 0 Å². The molecule has 29 heavy (non-hydrogen) atoms. The third-order valence-electron chi connectivity index (χ3n) is 4.55. The van der Waals surface area contributed by atoms with Crippen LogP contribution >= 0.6 is 22.9 Å². The van der Waals surface area contributed by atoms with Crippen LogP contribution in [0.15, 0.2) is 30.6 Å². The number of rotatable bonds is 6. The summed E-state index contributed by atoms with van der Waals surface area (Å²) in [6.45, 7) is 4.60. The molecule has 2 N–H and O–H groups in total. The number of fused-ring (bicyclic) bond motifs is 1. The molecule has 1 aliphatic rings. The van der Waals surface area contributed by atoms with Gasteiger partial charge in [-0.1, -0.05) is 11.6 Å². The average molecular weight is 436 g/mol. The zero-order chi connectivity index (χ0) is 20.2. The number of halogens is 2. The number of ether oxygens (including phenoxy) is 1. The summed E-state index contributed by atoms with van der Waals surface area (Å²) < 4.78 is 18.7. The molecule has 0 aliphatic carbocycles. The molecule has 0 spiro atoms. The largest absolute Gasteiger partial charge is 0.379 e.